The second-order valence-electron chi connectivity index (χ2n) is 18.2. The Labute approximate surface area is 458 Å². The molecule has 0 spiro atoms. The molecule has 2 amide bonds. The number of aromatic nitrogens is 9. The van der Waals surface area contributed by atoms with Gasteiger partial charge in [-0.3, -0.25) is 45.0 Å². The van der Waals surface area contributed by atoms with Gasteiger partial charge in [0, 0.05) is 101 Å². The highest BCUT2D eigenvalue weighted by molar-refractivity contribution is 7.93. The Bertz CT molecular complexity index is 3710. The maximum atomic E-state index is 13.4. The lowest BCUT2D eigenvalue weighted by molar-refractivity contribution is 0.262. The van der Waals surface area contributed by atoms with E-state index >= 15 is 0 Å². The Morgan fingerprint density at radius 3 is 1.41 bits per heavy atom. The molecule has 0 radical (unpaired) electrons. The third-order valence-electron chi connectivity index (χ3n) is 12.7. The first-order valence-corrected chi connectivity index (χ1v) is 27.8. The van der Waals surface area contributed by atoms with E-state index in [0.29, 0.717) is 28.5 Å². The summed E-state index contributed by atoms with van der Waals surface area (Å²) < 4.78 is 94.6. The molecular formula is C53H54F3N17O5S2. The van der Waals surface area contributed by atoms with E-state index in [0.717, 1.165) is 105 Å². The van der Waals surface area contributed by atoms with E-state index in [2.05, 4.69) is 99.3 Å². The van der Waals surface area contributed by atoms with Crippen LogP contribution in [0.5, 0.6) is 0 Å². The largest absolute Gasteiger partial charge is 0.352 e. The van der Waals surface area contributed by atoms with Gasteiger partial charge in [0.05, 0.1) is 27.1 Å². The minimum absolute atomic E-state index is 0.0321. The van der Waals surface area contributed by atoms with Crippen molar-refractivity contribution >= 4 is 60.9 Å². The molecule has 7 N–H and O–H groups in total. The summed E-state index contributed by atoms with van der Waals surface area (Å²) in [6, 6.07) is 25.3. The lowest BCUT2D eigenvalue weighted by atomic mass is 10.1. The monoisotopic (exact) mass is 1130 g/mol. The molecule has 22 nitrogen and oxygen atoms in total. The van der Waals surface area contributed by atoms with Crippen LogP contribution in [-0.2, 0) is 20.0 Å². The van der Waals surface area contributed by atoms with Crippen LogP contribution in [0.15, 0.2) is 162 Å². The summed E-state index contributed by atoms with van der Waals surface area (Å²) in [4.78, 5) is 33.3. The van der Waals surface area contributed by atoms with Crippen molar-refractivity contribution in [1.82, 2.24) is 55.3 Å². The number of hydrogen-bond donors (Lipinski definition) is 7. The lowest BCUT2D eigenvalue weighted by Gasteiger charge is -2.33. The summed E-state index contributed by atoms with van der Waals surface area (Å²) in [5.74, 6) is 1.01. The number of H-pyrrole nitrogens is 3. The maximum Gasteiger partial charge on any atom is 0.324 e. The van der Waals surface area contributed by atoms with Crippen molar-refractivity contribution in [2.24, 2.45) is 0 Å². The Morgan fingerprint density at radius 1 is 0.500 bits per heavy atom. The van der Waals surface area contributed by atoms with Crippen LogP contribution in [-0.4, -0.2) is 145 Å². The van der Waals surface area contributed by atoms with Crippen LogP contribution >= 0.6 is 0 Å². The molecule has 11 rings (SSSR count). The van der Waals surface area contributed by atoms with Crippen molar-refractivity contribution in [2.45, 2.75) is 9.79 Å². The lowest BCUT2D eigenvalue weighted by Crippen LogP contribution is -2.44. The van der Waals surface area contributed by atoms with Crippen LogP contribution in [0.3, 0.4) is 0 Å². The first-order chi connectivity index (χ1) is 38.6. The van der Waals surface area contributed by atoms with Gasteiger partial charge in [-0.15, -0.1) is 0 Å². The highest BCUT2D eigenvalue weighted by atomic mass is 32.2. The van der Waals surface area contributed by atoms with Gasteiger partial charge in [0.15, 0.2) is 11.6 Å². The molecule has 2 fully saturated rings. The van der Waals surface area contributed by atoms with Crippen molar-refractivity contribution in [1.29, 1.82) is 0 Å². The quantitative estimate of drug-likeness (QED) is 0.0586. The van der Waals surface area contributed by atoms with E-state index in [9.17, 15) is 34.8 Å². The summed E-state index contributed by atoms with van der Waals surface area (Å²) in [6.07, 6.45) is 11.4. The molecule has 2 aliphatic rings. The minimum Gasteiger partial charge on any atom is -0.352 e. The fourth-order valence-electron chi connectivity index (χ4n) is 8.48. The molecule has 2 aliphatic heterocycles. The van der Waals surface area contributed by atoms with Gasteiger partial charge in [0.1, 0.15) is 34.9 Å². The Hall–Kier alpha value is -9.18. The SMILES string of the molecule is CN1CCN(c2n[nH]c(NC(=O)Nc3cccc(F)c3)c2-c2ccncc2)CC1.CN1CCN(c2n[nH]c(NS(=O)(=O)c3ccc(F)cc3)c2-c2ccncc2)CC1.O=S(=O)(Nc1[nH]ncc1-c1ccncc1)c1ccc(F)cc1. The topological polar surface area (TPSA) is 271 Å². The number of pyridine rings is 3. The number of sulfonamides is 2. The molecule has 3 aromatic carbocycles. The van der Waals surface area contributed by atoms with Crippen LogP contribution in [0, 0.1) is 17.5 Å². The van der Waals surface area contributed by atoms with Crippen molar-refractivity contribution in [3.05, 3.63) is 170 Å². The van der Waals surface area contributed by atoms with E-state index < -0.39 is 43.5 Å². The second kappa shape index (κ2) is 25.1. The van der Waals surface area contributed by atoms with Crippen LogP contribution in [0.1, 0.15) is 0 Å². The molecule has 0 bridgehead atoms. The first-order valence-electron chi connectivity index (χ1n) is 24.8. The number of hydrogen-bond acceptors (Lipinski definition) is 15. The summed E-state index contributed by atoms with van der Waals surface area (Å²) in [6.45, 7) is 6.89. The molecule has 27 heteroatoms. The van der Waals surface area contributed by atoms with E-state index in [1.807, 2.05) is 12.1 Å². The predicted molar refractivity (Wildman–Crippen MR) is 298 cm³/mol. The third kappa shape index (κ3) is 13.9. The number of benzene rings is 3. The average molecular weight is 1130 g/mol. The number of rotatable bonds is 13. The van der Waals surface area contributed by atoms with Crippen LogP contribution in [0.4, 0.5) is 52.7 Å². The van der Waals surface area contributed by atoms with Gasteiger partial charge >= 0.3 is 6.03 Å². The van der Waals surface area contributed by atoms with Gasteiger partial charge in [-0.2, -0.15) is 15.3 Å². The molecule has 9 aromatic rings. The maximum absolute atomic E-state index is 13.4. The second-order valence-corrected chi connectivity index (χ2v) is 21.6. The van der Waals surface area contributed by atoms with Gasteiger partial charge in [-0.1, -0.05) is 6.07 Å². The van der Waals surface area contributed by atoms with E-state index in [4.69, 9.17) is 0 Å². The van der Waals surface area contributed by atoms with E-state index in [1.165, 1.54) is 48.7 Å². The van der Waals surface area contributed by atoms with Gasteiger partial charge in [-0.25, -0.2) is 34.8 Å². The fraction of sp³-hybridized carbons (Fsp3) is 0.189. The zero-order valence-electron chi connectivity index (χ0n) is 43.1. The first kappa shape index (κ1) is 55.6. The number of piperazine rings is 2. The number of halogens is 3. The molecule has 0 saturated carbocycles. The summed E-state index contributed by atoms with van der Waals surface area (Å²) >= 11 is 0. The van der Waals surface area contributed by atoms with Gasteiger partial charge in [-0.05, 0) is 134 Å². The van der Waals surface area contributed by atoms with Crippen LogP contribution in [0.2, 0.25) is 0 Å². The number of aromatic amines is 3. The van der Waals surface area contributed by atoms with Gasteiger partial charge < -0.3 is 24.9 Å². The van der Waals surface area contributed by atoms with Crippen LogP contribution < -0.4 is 29.9 Å². The van der Waals surface area contributed by atoms with Crippen molar-refractivity contribution in [3.8, 4) is 33.4 Å². The molecule has 6 aromatic heterocycles. The molecule has 8 heterocycles. The highest BCUT2D eigenvalue weighted by Crippen LogP contribution is 2.38. The number of nitrogens with one attached hydrogen (secondary N) is 7. The number of likely N-dealkylation sites (N-methyl/N-ethyl adjacent to an activating group) is 2. The van der Waals surface area contributed by atoms with Gasteiger partial charge in [0.2, 0.25) is 0 Å². The normalized spacial score (nSPS) is 14.0. The molecule has 0 atom stereocenters. The molecule has 0 aliphatic carbocycles. The van der Waals surface area contributed by atoms with Crippen molar-refractivity contribution in [3.63, 3.8) is 0 Å². The Morgan fingerprint density at radius 2 is 0.938 bits per heavy atom. The summed E-state index contributed by atoms with van der Waals surface area (Å²) in [7, 11) is -3.60. The predicted octanol–water partition coefficient (Wildman–Crippen LogP) is 7.58. The number of carbonyl (C=O) groups is 1. The molecule has 80 heavy (non-hydrogen) atoms. The number of anilines is 6. The van der Waals surface area contributed by atoms with E-state index in [1.54, 1.807) is 67.5 Å². The van der Waals surface area contributed by atoms with Crippen LogP contribution in [0.25, 0.3) is 33.4 Å². The minimum atomic E-state index is -3.92. The summed E-state index contributed by atoms with van der Waals surface area (Å²) in [5.41, 5.74) is 4.86. The average Bonchev–Trinajstić information content (AvgIpc) is 4.22. The highest BCUT2D eigenvalue weighted by Gasteiger charge is 2.28. The molecular weight excluding hydrogens is 1080 g/mol. The molecule has 414 valence electrons. The number of nitrogens with zero attached hydrogens (tertiary/aromatic N) is 10. The standard InChI is InChI=1S/C20H22FN7O.C19H21FN6O2S.C14H11FN4O2S/c1-27-9-11-28(12-10-27)19-17(14-5-7-22-8-6-14)18(25-26-19)24-20(29)23-16-4-2-3-15(21)13-16;1-25-10-12-26(13-11-25)19-17(14-6-8-21-9-7-14)18(22-23-19)24-29(27,28)16-4-2-15(20)3-5-16;15-11-1-3-12(4-2-11)22(20,21)19-14-13(9-17-18-14)10-5-7-16-8-6-10/h2-8,13H,9-12H2,1H3,(H3,23,24,25,26,29);2-9H,10-13H2,1H3,(H2,22,23,24);1-9H,(H2,17,18,19). The molecule has 0 unspecified atom stereocenters. The van der Waals surface area contributed by atoms with Crippen molar-refractivity contribution in [2.75, 3.05) is 96.3 Å². The fourth-order valence-corrected chi connectivity index (χ4v) is 10.5. The number of carbonyl (C=O) groups excluding carboxylic acids is 1. The Kier molecular flexibility index (Phi) is 17.4. The van der Waals surface area contributed by atoms with E-state index in [-0.39, 0.29) is 21.4 Å². The Balaban J connectivity index is 0.000000147. The molecule has 2 saturated heterocycles. The zero-order valence-corrected chi connectivity index (χ0v) is 44.7. The number of amides is 2. The smallest absolute Gasteiger partial charge is 0.324 e. The van der Waals surface area contributed by atoms with Crippen molar-refractivity contribution < 1.29 is 34.8 Å². The van der Waals surface area contributed by atoms with Gasteiger partial charge in [0.25, 0.3) is 20.0 Å². The zero-order chi connectivity index (χ0) is 56.2. The summed E-state index contributed by atoms with van der Waals surface area (Å²) in [5, 5.41) is 26.5. The number of urea groups is 1. The third-order valence-corrected chi connectivity index (χ3v) is 15.4.